The van der Waals surface area contributed by atoms with Gasteiger partial charge in [-0.2, -0.15) is 0 Å². The second-order valence-electron chi connectivity index (χ2n) is 5.00. The molecule has 96 valence electrons. The SMILES string of the molecule is Cc1ccc(-c2c(C(=O)O)cnc3c2CCC3)cc1. The van der Waals surface area contributed by atoms with Crippen molar-refractivity contribution in [2.45, 2.75) is 26.2 Å². The number of benzene rings is 1. The average molecular weight is 253 g/mol. The molecule has 1 N–H and O–H groups in total. The number of hydrogen-bond acceptors (Lipinski definition) is 2. The molecule has 1 aliphatic carbocycles. The van der Waals surface area contributed by atoms with Crippen molar-refractivity contribution in [2.24, 2.45) is 0 Å². The predicted molar refractivity (Wildman–Crippen MR) is 73.4 cm³/mol. The molecule has 0 radical (unpaired) electrons. The fourth-order valence-electron chi connectivity index (χ4n) is 2.72. The fourth-order valence-corrected chi connectivity index (χ4v) is 2.72. The van der Waals surface area contributed by atoms with Gasteiger partial charge in [-0.15, -0.1) is 0 Å². The number of carboxylic acids is 1. The Morgan fingerprint density at radius 1 is 1.21 bits per heavy atom. The predicted octanol–water partition coefficient (Wildman–Crippen LogP) is 3.24. The molecule has 0 saturated carbocycles. The lowest BCUT2D eigenvalue weighted by Gasteiger charge is -2.12. The Kier molecular flexibility index (Phi) is 2.82. The van der Waals surface area contributed by atoms with Gasteiger partial charge in [0.25, 0.3) is 0 Å². The molecule has 1 aromatic heterocycles. The number of carboxylic acid groups (broad SMARTS) is 1. The number of hydrogen-bond donors (Lipinski definition) is 1. The highest BCUT2D eigenvalue weighted by Gasteiger charge is 2.23. The number of aromatic nitrogens is 1. The van der Waals surface area contributed by atoms with E-state index in [1.165, 1.54) is 11.8 Å². The van der Waals surface area contributed by atoms with Crippen molar-refractivity contribution < 1.29 is 9.90 Å². The first-order valence-corrected chi connectivity index (χ1v) is 6.48. The van der Waals surface area contributed by atoms with Gasteiger partial charge in [0, 0.05) is 17.5 Å². The van der Waals surface area contributed by atoms with Gasteiger partial charge in [-0.1, -0.05) is 29.8 Å². The third kappa shape index (κ3) is 2.01. The first-order valence-electron chi connectivity index (χ1n) is 6.48. The normalized spacial score (nSPS) is 13.3. The van der Waals surface area contributed by atoms with E-state index < -0.39 is 5.97 Å². The average Bonchev–Trinajstić information content (AvgIpc) is 2.86. The van der Waals surface area contributed by atoms with E-state index in [-0.39, 0.29) is 0 Å². The highest BCUT2D eigenvalue weighted by molar-refractivity contribution is 5.97. The van der Waals surface area contributed by atoms with Crippen LogP contribution in [-0.2, 0) is 12.8 Å². The largest absolute Gasteiger partial charge is 0.478 e. The van der Waals surface area contributed by atoms with E-state index in [4.69, 9.17) is 0 Å². The van der Waals surface area contributed by atoms with Crippen molar-refractivity contribution in [1.29, 1.82) is 0 Å². The van der Waals surface area contributed by atoms with E-state index in [0.29, 0.717) is 5.56 Å². The van der Waals surface area contributed by atoms with Crippen molar-refractivity contribution in [3.05, 3.63) is 52.8 Å². The van der Waals surface area contributed by atoms with E-state index in [9.17, 15) is 9.90 Å². The summed E-state index contributed by atoms with van der Waals surface area (Å²) in [5, 5.41) is 9.37. The topological polar surface area (TPSA) is 50.2 Å². The van der Waals surface area contributed by atoms with Gasteiger partial charge in [0.15, 0.2) is 0 Å². The van der Waals surface area contributed by atoms with Crippen LogP contribution in [0.2, 0.25) is 0 Å². The number of aryl methyl sites for hydroxylation is 2. The maximum absolute atomic E-state index is 11.4. The molecule has 0 saturated heterocycles. The van der Waals surface area contributed by atoms with Gasteiger partial charge in [-0.25, -0.2) is 4.79 Å². The summed E-state index contributed by atoms with van der Waals surface area (Å²) in [6, 6.07) is 8.02. The van der Waals surface area contributed by atoms with Gasteiger partial charge in [0.05, 0.1) is 5.56 Å². The summed E-state index contributed by atoms with van der Waals surface area (Å²) in [6.07, 6.45) is 4.44. The molecule has 0 aliphatic heterocycles. The van der Waals surface area contributed by atoms with Crippen LogP contribution in [0.15, 0.2) is 30.5 Å². The van der Waals surface area contributed by atoms with Gasteiger partial charge in [0.2, 0.25) is 0 Å². The number of nitrogens with zero attached hydrogens (tertiary/aromatic N) is 1. The van der Waals surface area contributed by atoms with Crippen LogP contribution in [0.4, 0.5) is 0 Å². The van der Waals surface area contributed by atoms with Crippen LogP contribution in [0.5, 0.6) is 0 Å². The van der Waals surface area contributed by atoms with Crippen molar-refractivity contribution in [3.63, 3.8) is 0 Å². The Hall–Kier alpha value is -2.16. The number of pyridine rings is 1. The van der Waals surface area contributed by atoms with E-state index in [2.05, 4.69) is 4.98 Å². The minimum atomic E-state index is -0.905. The van der Waals surface area contributed by atoms with Crippen LogP contribution in [0.1, 0.15) is 33.6 Å². The molecule has 3 rings (SSSR count). The zero-order chi connectivity index (χ0) is 13.4. The molecular weight excluding hydrogens is 238 g/mol. The summed E-state index contributed by atoms with van der Waals surface area (Å²) < 4.78 is 0. The van der Waals surface area contributed by atoms with Gasteiger partial charge >= 0.3 is 5.97 Å². The Morgan fingerprint density at radius 3 is 2.63 bits per heavy atom. The molecule has 3 nitrogen and oxygen atoms in total. The van der Waals surface area contributed by atoms with Gasteiger partial charge in [0.1, 0.15) is 0 Å². The monoisotopic (exact) mass is 253 g/mol. The Morgan fingerprint density at radius 2 is 1.95 bits per heavy atom. The smallest absolute Gasteiger partial charge is 0.337 e. The summed E-state index contributed by atoms with van der Waals surface area (Å²) >= 11 is 0. The second kappa shape index (κ2) is 4.50. The first kappa shape index (κ1) is 11.9. The lowest BCUT2D eigenvalue weighted by Crippen LogP contribution is -2.05. The van der Waals surface area contributed by atoms with Gasteiger partial charge < -0.3 is 5.11 Å². The van der Waals surface area contributed by atoms with Crippen molar-refractivity contribution >= 4 is 5.97 Å². The molecule has 0 spiro atoms. The van der Waals surface area contributed by atoms with E-state index in [1.807, 2.05) is 31.2 Å². The summed E-state index contributed by atoms with van der Waals surface area (Å²) in [4.78, 5) is 15.7. The van der Waals surface area contributed by atoms with Crippen molar-refractivity contribution in [3.8, 4) is 11.1 Å². The van der Waals surface area contributed by atoms with E-state index in [0.717, 1.165) is 41.6 Å². The molecule has 3 heteroatoms. The summed E-state index contributed by atoms with van der Waals surface area (Å²) in [5.41, 5.74) is 5.48. The summed E-state index contributed by atoms with van der Waals surface area (Å²) in [5.74, 6) is -0.905. The van der Waals surface area contributed by atoms with E-state index >= 15 is 0 Å². The molecular formula is C16H15NO2. The fraction of sp³-hybridized carbons (Fsp3) is 0.250. The van der Waals surface area contributed by atoms with Crippen molar-refractivity contribution in [1.82, 2.24) is 4.98 Å². The second-order valence-corrected chi connectivity index (χ2v) is 5.00. The first-order chi connectivity index (χ1) is 9.16. The molecule has 0 fully saturated rings. The quantitative estimate of drug-likeness (QED) is 0.893. The zero-order valence-electron chi connectivity index (χ0n) is 10.8. The van der Waals surface area contributed by atoms with Gasteiger partial charge in [-0.3, -0.25) is 4.98 Å². The van der Waals surface area contributed by atoms with Crippen LogP contribution in [0, 0.1) is 6.92 Å². The highest BCUT2D eigenvalue weighted by Crippen LogP contribution is 2.34. The lowest BCUT2D eigenvalue weighted by molar-refractivity contribution is 0.0697. The molecule has 1 aliphatic rings. The Bertz CT molecular complexity index is 645. The molecule has 0 unspecified atom stereocenters. The van der Waals surface area contributed by atoms with Crippen LogP contribution >= 0.6 is 0 Å². The molecule has 1 heterocycles. The van der Waals surface area contributed by atoms with Crippen LogP contribution in [0.25, 0.3) is 11.1 Å². The number of carbonyl (C=O) groups is 1. The Balaban J connectivity index is 2.25. The molecule has 0 amide bonds. The minimum absolute atomic E-state index is 0.310. The summed E-state index contributed by atoms with van der Waals surface area (Å²) in [6.45, 7) is 2.03. The number of rotatable bonds is 2. The molecule has 0 atom stereocenters. The minimum Gasteiger partial charge on any atom is -0.478 e. The molecule has 1 aromatic carbocycles. The van der Waals surface area contributed by atoms with Crippen LogP contribution in [-0.4, -0.2) is 16.1 Å². The molecule has 0 bridgehead atoms. The lowest BCUT2D eigenvalue weighted by atomic mass is 9.94. The maximum Gasteiger partial charge on any atom is 0.337 e. The molecule has 2 aromatic rings. The highest BCUT2D eigenvalue weighted by atomic mass is 16.4. The third-order valence-electron chi connectivity index (χ3n) is 3.68. The van der Waals surface area contributed by atoms with E-state index in [1.54, 1.807) is 0 Å². The standard InChI is InChI=1S/C16H15NO2/c1-10-5-7-11(8-6-10)15-12-3-2-4-14(12)17-9-13(15)16(18)19/h5-9H,2-4H2,1H3,(H,18,19). The third-order valence-corrected chi connectivity index (χ3v) is 3.68. The van der Waals surface area contributed by atoms with Gasteiger partial charge in [-0.05, 0) is 37.3 Å². The Labute approximate surface area is 111 Å². The number of aromatic carboxylic acids is 1. The number of fused-ring (bicyclic) bond motifs is 1. The van der Waals surface area contributed by atoms with Crippen LogP contribution in [0.3, 0.4) is 0 Å². The zero-order valence-corrected chi connectivity index (χ0v) is 10.8. The van der Waals surface area contributed by atoms with Crippen molar-refractivity contribution in [2.75, 3.05) is 0 Å². The van der Waals surface area contributed by atoms with Crippen LogP contribution < -0.4 is 0 Å². The maximum atomic E-state index is 11.4. The summed E-state index contributed by atoms with van der Waals surface area (Å²) in [7, 11) is 0. The molecule has 19 heavy (non-hydrogen) atoms.